The molecule has 6 heteroatoms. The summed E-state index contributed by atoms with van der Waals surface area (Å²) in [6, 6.07) is 10.9. The summed E-state index contributed by atoms with van der Waals surface area (Å²) in [5.41, 5.74) is 3.38. The molecule has 1 heterocycles. The first kappa shape index (κ1) is 16.9. The van der Waals surface area contributed by atoms with E-state index >= 15 is 0 Å². The number of nitrogens with one attached hydrogen (secondary N) is 1. The van der Waals surface area contributed by atoms with Crippen molar-refractivity contribution in [3.63, 3.8) is 0 Å². The second kappa shape index (κ2) is 5.86. The first-order valence-corrected chi connectivity index (χ1v) is 9.54. The van der Waals surface area contributed by atoms with E-state index in [1.54, 1.807) is 18.3 Å². The van der Waals surface area contributed by atoms with E-state index in [1.807, 2.05) is 31.2 Å². The minimum atomic E-state index is -3.64. The van der Waals surface area contributed by atoms with Gasteiger partial charge in [-0.3, -0.25) is 4.98 Å². The molecule has 0 bridgehead atoms. The number of primary sulfonamides is 1. The van der Waals surface area contributed by atoms with E-state index in [2.05, 4.69) is 24.1 Å². The van der Waals surface area contributed by atoms with Gasteiger partial charge in [-0.05, 0) is 54.0 Å². The minimum Gasteiger partial charge on any atom is -0.383 e. The maximum atomic E-state index is 11.4. The molecule has 1 aromatic carbocycles. The molecule has 1 fully saturated rings. The van der Waals surface area contributed by atoms with Gasteiger partial charge in [-0.25, -0.2) is 13.6 Å². The van der Waals surface area contributed by atoms with Crippen molar-refractivity contribution in [2.24, 2.45) is 16.5 Å². The van der Waals surface area contributed by atoms with Crippen LogP contribution in [0, 0.1) is 18.3 Å². The van der Waals surface area contributed by atoms with Crippen LogP contribution in [0.1, 0.15) is 31.0 Å². The molecular formula is C18H23N3O2S. The number of anilines is 1. The maximum Gasteiger partial charge on any atom is 0.238 e. The van der Waals surface area contributed by atoms with Gasteiger partial charge in [0.25, 0.3) is 0 Å². The highest BCUT2D eigenvalue weighted by Gasteiger charge is 2.57. The van der Waals surface area contributed by atoms with Crippen LogP contribution in [0.15, 0.2) is 47.5 Å². The van der Waals surface area contributed by atoms with Gasteiger partial charge in [0.05, 0.1) is 16.3 Å². The van der Waals surface area contributed by atoms with Gasteiger partial charge in [0.2, 0.25) is 10.0 Å². The third-order valence-corrected chi connectivity index (χ3v) is 6.07. The monoisotopic (exact) mass is 345 g/mol. The molecule has 1 aromatic heterocycles. The highest BCUT2D eigenvalue weighted by Crippen LogP contribution is 2.64. The van der Waals surface area contributed by atoms with Crippen molar-refractivity contribution in [1.29, 1.82) is 0 Å². The molecule has 3 rings (SSSR count). The van der Waals surface area contributed by atoms with Gasteiger partial charge in [-0.1, -0.05) is 26.0 Å². The fourth-order valence-corrected chi connectivity index (χ4v) is 4.06. The fraction of sp³-hybridized carbons (Fsp3) is 0.389. The van der Waals surface area contributed by atoms with E-state index in [1.165, 1.54) is 0 Å². The highest BCUT2D eigenvalue weighted by atomic mass is 32.2. The Labute approximate surface area is 143 Å². The Morgan fingerprint density at radius 3 is 2.46 bits per heavy atom. The lowest BCUT2D eigenvalue weighted by atomic mass is 10.0. The third-order valence-electron chi connectivity index (χ3n) is 5.14. The van der Waals surface area contributed by atoms with Gasteiger partial charge in [0.15, 0.2) is 0 Å². The zero-order valence-corrected chi connectivity index (χ0v) is 15.0. The lowest BCUT2D eigenvalue weighted by molar-refractivity contribution is 0.565. The molecule has 0 radical (unpaired) electrons. The molecular weight excluding hydrogens is 322 g/mol. The first-order chi connectivity index (χ1) is 11.2. The topological polar surface area (TPSA) is 85.1 Å². The summed E-state index contributed by atoms with van der Waals surface area (Å²) in [7, 11) is -3.64. The van der Waals surface area contributed by atoms with Crippen LogP contribution < -0.4 is 10.5 Å². The Morgan fingerprint density at radius 2 is 1.88 bits per heavy atom. The van der Waals surface area contributed by atoms with E-state index in [4.69, 9.17) is 5.14 Å². The summed E-state index contributed by atoms with van der Waals surface area (Å²) < 4.78 is 22.7. The van der Waals surface area contributed by atoms with Crippen molar-refractivity contribution >= 4 is 15.7 Å². The van der Waals surface area contributed by atoms with Crippen LogP contribution in [0.5, 0.6) is 0 Å². The quantitative estimate of drug-likeness (QED) is 0.872. The standard InChI is InChI=1S/C18H23N3O2S/c1-12-16(5-4-10-20-12)21-11-15-17(18(15,2)3)13-6-8-14(9-7-13)24(19,22)23/h4-10,15,17,21H,11H2,1-3H3,(H2,19,22,23)/t15-,17-/m1/s1. The van der Waals surface area contributed by atoms with Crippen LogP contribution in [0.2, 0.25) is 0 Å². The van der Waals surface area contributed by atoms with Crippen LogP contribution in [0.4, 0.5) is 5.69 Å². The molecule has 128 valence electrons. The van der Waals surface area contributed by atoms with Crippen LogP contribution in [0.3, 0.4) is 0 Å². The predicted octanol–water partition coefficient (Wildman–Crippen LogP) is 2.89. The van der Waals surface area contributed by atoms with Crippen LogP contribution in [-0.2, 0) is 10.0 Å². The number of benzene rings is 1. The van der Waals surface area contributed by atoms with Gasteiger partial charge in [0.1, 0.15) is 0 Å². The minimum absolute atomic E-state index is 0.158. The van der Waals surface area contributed by atoms with Crippen molar-refractivity contribution in [3.05, 3.63) is 53.9 Å². The SMILES string of the molecule is Cc1ncccc1NC[C@@H]1[C@@H](c2ccc(S(N)(=O)=O)cc2)C1(C)C. The van der Waals surface area contributed by atoms with Gasteiger partial charge >= 0.3 is 0 Å². The Balaban J connectivity index is 1.72. The van der Waals surface area contributed by atoms with Crippen molar-refractivity contribution in [3.8, 4) is 0 Å². The second-order valence-electron chi connectivity index (χ2n) is 7.04. The van der Waals surface area contributed by atoms with Gasteiger partial charge in [-0.15, -0.1) is 0 Å². The molecule has 2 atom stereocenters. The molecule has 1 saturated carbocycles. The summed E-state index contributed by atoms with van der Waals surface area (Å²) in [5, 5.41) is 8.65. The Hall–Kier alpha value is -1.92. The first-order valence-electron chi connectivity index (χ1n) is 7.99. The summed E-state index contributed by atoms with van der Waals surface area (Å²) >= 11 is 0. The van der Waals surface area contributed by atoms with E-state index in [0.717, 1.165) is 23.5 Å². The fourth-order valence-electron chi connectivity index (χ4n) is 3.54. The lowest BCUT2D eigenvalue weighted by Gasteiger charge is -2.09. The van der Waals surface area contributed by atoms with E-state index in [0.29, 0.717) is 11.8 Å². The molecule has 24 heavy (non-hydrogen) atoms. The summed E-state index contributed by atoms with van der Waals surface area (Å²) in [6.07, 6.45) is 1.79. The number of pyridine rings is 1. The Morgan fingerprint density at radius 1 is 1.21 bits per heavy atom. The van der Waals surface area contributed by atoms with Gasteiger partial charge in [0, 0.05) is 12.7 Å². The Kier molecular flexibility index (Phi) is 4.13. The van der Waals surface area contributed by atoms with Crippen molar-refractivity contribution < 1.29 is 8.42 Å². The highest BCUT2D eigenvalue weighted by molar-refractivity contribution is 7.89. The summed E-state index contributed by atoms with van der Waals surface area (Å²) in [6.45, 7) is 7.34. The smallest absolute Gasteiger partial charge is 0.238 e. The zero-order valence-electron chi connectivity index (χ0n) is 14.2. The summed E-state index contributed by atoms with van der Waals surface area (Å²) in [4.78, 5) is 4.45. The number of aryl methyl sites for hydroxylation is 1. The zero-order chi connectivity index (χ0) is 17.5. The third kappa shape index (κ3) is 3.16. The maximum absolute atomic E-state index is 11.4. The van der Waals surface area contributed by atoms with Crippen LogP contribution in [0.25, 0.3) is 0 Å². The lowest BCUT2D eigenvalue weighted by Crippen LogP contribution is -2.11. The van der Waals surface area contributed by atoms with E-state index < -0.39 is 10.0 Å². The number of sulfonamides is 1. The molecule has 1 aliphatic carbocycles. The summed E-state index contributed by atoms with van der Waals surface area (Å²) in [5.74, 6) is 0.883. The van der Waals surface area contributed by atoms with E-state index in [9.17, 15) is 8.42 Å². The van der Waals surface area contributed by atoms with Crippen molar-refractivity contribution in [1.82, 2.24) is 4.98 Å². The normalized spacial score (nSPS) is 22.2. The number of hydrogen-bond acceptors (Lipinski definition) is 4. The molecule has 0 unspecified atom stereocenters. The molecule has 2 aromatic rings. The molecule has 0 spiro atoms. The molecule has 0 aliphatic heterocycles. The number of aromatic nitrogens is 1. The predicted molar refractivity (Wildman–Crippen MR) is 95.3 cm³/mol. The average Bonchev–Trinajstić information content (AvgIpc) is 3.07. The van der Waals surface area contributed by atoms with Gasteiger partial charge in [-0.2, -0.15) is 0 Å². The van der Waals surface area contributed by atoms with Gasteiger partial charge < -0.3 is 5.32 Å². The van der Waals surface area contributed by atoms with Crippen molar-refractivity contribution in [2.45, 2.75) is 31.6 Å². The number of nitrogens with two attached hydrogens (primary N) is 1. The van der Waals surface area contributed by atoms with Crippen LogP contribution >= 0.6 is 0 Å². The molecule has 3 N–H and O–H groups in total. The molecule has 0 saturated heterocycles. The molecule has 1 aliphatic rings. The Bertz CT molecular complexity index is 845. The van der Waals surface area contributed by atoms with Crippen molar-refractivity contribution in [2.75, 3.05) is 11.9 Å². The molecule has 0 amide bonds. The number of rotatable bonds is 5. The number of hydrogen-bond donors (Lipinski definition) is 2. The van der Waals surface area contributed by atoms with Crippen LogP contribution in [-0.4, -0.2) is 19.9 Å². The van der Waals surface area contributed by atoms with E-state index in [-0.39, 0.29) is 10.3 Å². The molecule has 5 nitrogen and oxygen atoms in total. The second-order valence-corrected chi connectivity index (χ2v) is 8.60. The largest absolute Gasteiger partial charge is 0.383 e. The number of nitrogens with zero attached hydrogens (tertiary/aromatic N) is 1. The average molecular weight is 345 g/mol.